The molecular formula is C21H26N2O2. The number of piperidine rings is 2. The van der Waals surface area contributed by atoms with Gasteiger partial charge in [-0.2, -0.15) is 0 Å². The van der Waals surface area contributed by atoms with E-state index in [1.807, 2.05) is 0 Å². The summed E-state index contributed by atoms with van der Waals surface area (Å²) < 4.78 is 5.43. The standard InChI is InChI=1S/C21H26N2O2/c1-3-14-10-13-11-21(20(24)25-2)18-16(8-9-23(12-13)19(14)21)15-6-4-5-7-17(15)22-18/h4-7,13-14,19,22H,3,8-12H2,1-2H3/t13-,14?,19?,21+/m0/s1. The fourth-order valence-corrected chi connectivity index (χ4v) is 6.27. The first-order valence-electron chi connectivity index (χ1n) is 9.61. The van der Waals surface area contributed by atoms with Crippen molar-refractivity contribution >= 4 is 16.9 Å². The number of methoxy groups -OCH3 is 1. The Labute approximate surface area is 148 Å². The Bertz CT molecular complexity index is 842. The first-order valence-corrected chi connectivity index (χ1v) is 9.61. The number of hydrogen-bond donors (Lipinski definition) is 1. The highest BCUT2D eigenvalue weighted by atomic mass is 16.5. The van der Waals surface area contributed by atoms with E-state index < -0.39 is 5.41 Å². The summed E-state index contributed by atoms with van der Waals surface area (Å²) in [6.07, 6.45) is 4.33. The molecule has 5 atom stereocenters. The third-order valence-corrected chi connectivity index (χ3v) is 7.07. The van der Waals surface area contributed by atoms with Crippen molar-refractivity contribution in [3.8, 4) is 0 Å². The van der Waals surface area contributed by atoms with E-state index >= 15 is 0 Å². The van der Waals surface area contributed by atoms with Crippen molar-refractivity contribution in [1.82, 2.24) is 9.88 Å². The number of hydrogen-bond acceptors (Lipinski definition) is 3. The zero-order chi connectivity index (χ0) is 17.2. The van der Waals surface area contributed by atoms with Gasteiger partial charge in [0.25, 0.3) is 0 Å². The van der Waals surface area contributed by atoms with Crippen molar-refractivity contribution in [2.45, 2.75) is 44.1 Å². The lowest BCUT2D eigenvalue weighted by Gasteiger charge is -2.57. The summed E-state index contributed by atoms with van der Waals surface area (Å²) in [5.74, 6) is 1.12. The molecule has 0 radical (unpaired) electrons. The minimum absolute atomic E-state index is 0.0416. The number of carbonyl (C=O) groups excluding carboxylic acids is 1. The SMILES string of the molecule is CCC1C[C@@H]2CN3CCc4c([nH]c5ccccc45)[C@](C(=O)OC)(C2)C13. The number of esters is 1. The molecule has 4 bridgehead atoms. The summed E-state index contributed by atoms with van der Waals surface area (Å²) in [6, 6.07) is 8.75. The molecule has 2 aromatic rings. The van der Waals surface area contributed by atoms with Gasteiger partial charge in [-0.1, -0.05) is 31.5 Å². The highest BCUT2D eigenvalue weighted by Gasteiger charge is 2.62. The number of para-hydroxylation sites is 1. The summed E-state index contributed by atoms with van der Waals surface area (Å²) in [5, 5.41) is 1.28. The molecule has 1 aliphatic carbocycles. The maximum Gasteiger partial charge on any atom is 0.319 e. The normalized spacial score (nSPS) is 36.1. The molecule has 1 saturated carbocycles. The molecule has 132 valence electrons. The molecule has 6 rings (SSSR count). The largest absolute Gasteiger partial charge is 0.468 e. The van der Waals surface area contributed by atoms with Gasteiger partial charge in [-0.15, -0.1) is 0 Å². The third-order valence-electron chi connectivity index (χ3n) is 7.07. The van der Waals surface area contributed by atoms with E-state index in [-0.39, 0.29) is 12.0 Å². The second kappa shape index (κ2) is 5.34. The van der Waals surface area contributed by atoms with Gasteiger partial charge in [0.15, 0.2) is 0 Å². The van der Waals surface area contributed by atoms with Crippen molar-refractivity contribution in [3.05, 3.63) is 35.5 Å². The highest BCUT2D eigenvalue weighted by Crippen LogP contribution is 2.55. The van der Waals surface area contributed by atoms with Crippen LogP contribution in [0.4, 0.5) is 0 Å². The third kappa shape index (κ3) is 1.89. The number of nitrogens with one attached hydrogen (secondary N) is 1. The summed E-state index contributed by atoms with van der Waals surface area (Å²) in [5.41, 5.74) is 3.11. The van der Waals surface area contributed by atoms with Crippen LogP contribution in [0.1, 0.15) is 37.4 Å². The van der Waals surface area contributed by atoms with E-state index in [1.165, 1.54) is 17.4 Å². The fourth-order valence-electron chi connectivity index (χ4n) is 6.27. The van der Waals surface area contributed by atoms with Crippen molar-refractivity contribution in [2.24, 2.45) is 11.8 Å². The second-order valence-corrected chi connectivity index (χ2v) is 8.15. The van der Waals surface area contributed by atoms with Gasteiger partial charge in [-0.3, -0.25) is 9.69 Å². The molecule has 1 N–H and O–H groups in total. The monoisotopic (exact) mass is 338 g/mol. The number of fused-ring (bicyclic) bond motifs is 4. The van der Waals surface area contributed by atoms with E-state index in [2.05, 4.69) is 41.1 Å². The first kappa shape index (κ1) is 15.4. The fraction of sp³-hybridized carbons (Fsp3) is 0.571. The predicted molar refractivity (Wildman–Crippen MR) is 97.6 cm³/mol. The van der Waals surface area contributed by atoms with Gasteiger partial charge in [0, 0.05) is 35.7 Å². The zero-order valence-corrected chi connectivity index (χ0v) is 15.0. The number of ether oxygens (including phenoxy) is 1. The van der Waals surface area contributed by atoms with Crippen LogP contribution >= 0.6 is 0 Å². The molecule has 4 heteroatoms. The topological polar surface area (TPSA) is 45.3 Å². The lowest BCUT2D eigenvalue weighted by Crippen LogP contribution is -2.67. The maximum atomic E-state index is 13.3. The number of carbonyl (C=O) groups is 1. The van der Waals surface area contributed by atoms with Crippen molar-refractivity contribution in [1.29, 1.82) is 0 Å². The van der Waals surface area contributed by atoms with Crippen molar-refractivity contribution in [3.63, 3.8) is 0 Å². The number of rotatable bonds is 2. The zero-order valence-electron chi connectivity index (χ0n) is 15.0. The van der Waals surface area contributed by atoms with Crippen LogP contribution in [-0.2, 0) is 21.4 Å². The number of aromatic amines is 1. The van der Waals surface area contributed by atoms with Crippen molar-refractivity contribution in [2.75, 3.05) is 20.2 Å². The highest BCUT2D eigenvalue weighted by molar-refractivity contribution is 5.91. The van der Waals surface area contributed by atoms with Gasteiger partial charge in [0.05, 0.1) is 7.11 Å². The minimum Gasteiger partial charge on any atom is -0.468 e. The Balaban J connectivity index is 1.81. The van der Waals surface area contributed by atoms with Crippen LogP contribution in [0.2, 0.25) is 0 Å². The van der Waals surface area contributed by atoms with Crippen molar-refractivity contribution < 1.29 is 9.53 Å². The number of aromatic nitrogens is 1. The molecule has 0 amide bonds. The van der Waals surface area contributed by atoms with Gasteiger partial charge in [-0.25, -0.2) is 0 Å². The van der Waals surface area contributed by atoms with Crippen LogP contribution in [0.3, 0.4) is 0 Å². The second-order valence-electron chi connectivity index (χ2n) is 8.15. The smallest absolute Gasteiger partial charge is 0.319 e. The van der Waals surface area contributed by atoms with Crippen LogP contribution in [-0.4, -0.2) is 42.1 Å². The van der Waals surface area contributed by atoms with Crippen LogP contribution in [0, 0.1) is 11.8 Å². The van der Waals surface area contributed by atoms with Gasteiger partial charge in [0.2, 0.25) is 0 Å². The molecule has 0 spiro atoms. The molecule has 2 saturated heterocycles. The average molecular weight is 338 g/mol. The van der Waals surface area contributed by atoms with Crippen LogP contribution < -0.4 is 0 Å². The summed E-state index contributed by atoms with van der Waals surface area (Å²) in [7, 11) is 1.55. The Morgan fingerprint density at radius 2 is 2.24 bits per heavy atom. The first-order chi connectivity index (χ1) is 12.2. The summed E-state index contributed by atoms with van der Waals surface area (Å²) >= 11 is 0. The molecule has 3 fully saturated rings. The van der Waals surface area contributed by atoms with Crippen LogP contribution in [0.5, 0.6) is 0 Å². The Morgan fingerprint density at radius 1 is 1.40 bits per heavy atom. The quantitative estimate of drug-likeness (QED) is 0.855. The van der Waals surface area contributed by atoms with E-state index in [4.69, 9.17) is 4.74 Å². The van der Waals surface area contributed by atoms with E-state index in [1.54, 1.807) is 7.11 Å². The van der Waals surface area contributed by atoms with E-state index in [9.17, 15) is 4.79 Å². The Hall–Kier alpha value is -1.81. The van der Waals surface area contributed by atoms with E-state index in [0.29, 0.717) is 11.8 Å². The van der Waals surface area contributed by atoms with E-state index in [0.717, 1.165) is 43.6 Å². The minimum atomic E-state index is -0.526. The van der Waals surface area contributed by atoms with Gasteiger partial charge in [-0.05, 0) is 42.7 Å². The maximum absolute atomic E-state index is 13.3. The van der Waals surface area contributed by atoms with Crippen LogP contribution in [0.25, 0.3) is 10.9 Å². The van der Waals surface area contributed by atoms with Crippen LogP contribution in [0.15, 0.2) is 24.3 Å². The van der Waals surface area contributed by atoms with Gasteiger partial charge < -0.3 is 9.72 Å². The summed E-state index contributed by atoms with van der Waals surface area (Å²) in [4.78, 5) is 19.5. The molecule has 4 heterocycles. The molecular weight excluding hydrogens is 312 g/mol. The Morgan fingerprint density at radius 3 is 3.04 bits per heavy atom. The molecule has 4 nitrogen and oxygen atoms in total. The Kier molecular flexibility index (Phi) is 3.30. The molecule has 3 aliphatic heterocycles. The number of H-pyrrole nitrogens is 1. The predicted octanol–water partition coefficient (Wildman–Crippen LogP) is 3.26. The molecule has 3 unspecified atom stereocenters. The molecule has 25 heavy (non-hydrogen) atoms. The number of benzene rings is 1. The van der Waals surface area contributed by atoms with Gasteiger partial charge >= 0.3 is 5.97 Å². The number of nitrogens with zero attached hydrogens (tertiary/aromatic N) is 1. The average Bonchev–Trinajstić information content (AvgIpc) is 3.00. The lowest BCUT2D eigenvalue weighted by molar-refractivity contribution is -0.162. The lowest BCUT2D eigenvalue weighted by atomic mass is 9.56. The van der Waals surface area contributed by atoms with Gasteiger partial charge in [0.1, 0.15) is 5.41 Å². The summed E-state index contributed by atoms with van der Waals surface area (Å²) in [6.45, 7) is 4.46. The molecule has 1 aromatic heterocycles. The molecule has 4 aliphatic rings. The molecule has 1 aromatic carbocycles.